The van der Waals surface area contributed by atoms with Crippen LogP contribution in [0.4, 0.5) is 10.1 Å². The van der Waals surface area contributed by atoms with Crippen LogP contribution in [-0.4, -0.2) is 42.2 Å². The second-order valence-electron chi connectivity index (χ2n) is 7.98. The number of rotatable bonds is 4. The molecule has 1 unspecified atom stereocenters. The summed E-state index contributed by atoms with van der Waals surface area (Å²) in [6.07, 6.45) is 1.20. The van der Waals surface area contributed by atoms with Gasteiger partial charge in [-0.2, -0.15) is 0 Å². The van der Waals surface area contributed by atoms with E-state index < -0.39 is 25.6 Å². The Morgan fingerprint density at radius 3 is 2.60 bits per heavy atom. The first-order chi connectivity index (χ1) is 13.9. The van der Waals surface area contributed by atoms with Gasteiger partial charge in [0.15, 0.2) is 5.78 Å². The Morgan fingerprint density at radius 1 is 1.33 bits per heavy atom. The van der Waals surface area contributed by atoms with Gasteiger partial charge in [-0.25, -0.2) is 9.24 Å². The van der Waals surface area contributed by atoms with Gasteiger partial charge >= 0.3 is 0 Å². The van der Waals surface area contributed by atoms with Crippen molar-refractivity contribution in [1.82, 2.24) is 9.97 Å². The first-order valence-electron chi connectivity index (χ1n) is 9.12. The van der Waals surface area contributed by atoms with Gasteiger partial charge in [-0.1, -0.05) is 6.07 Å². The Bertz CT molecular complexity index is 1200. The van der Waals surface area contributed by atoms with E-state index >= 15 is 0 Å². The molecule has 3 heterocycles. The van der Waals surface area contributed by atoms with Crippen molar-refractivity contribution >= 4 is 32.7 Å². The van der Waals surface area contributed by atoms with Crippen LogP contribution in [-0.2, 0) is 21.5 Å². The predicted molar refractivity (Wildman–Crippen MR) is 116 cm³/mol. The average molecular weight is 428 g/mol. The van der Waals surface area contributed by atoms with Gasteiger partial charge in [0.25, 0.3) is 0 Å². The van der Waals surface area contributed by atoms with Crippen molar-refractivity contribution in [2.75, 3.05) is 5.75 Å². The third kappa shape index (κ3) is 3.71. The van der Waals surface area contributed by atoms with Crippen LogP contribution < -0.4 is 5.73 Å². The zero-order valence-electron chi connectivity index (χ0n) is 17.0. The van der Waals surface area contributed by atoms with Crippen molar-refractivity contribution in [2.24, 2.45) is 10.7 Å². The molecule has 1 aliphatic heterocycles. The molecule has 0 aromatic carbocycles. The number of ketones is 1. The molecule has 0 spiro atoms. The summed E-state index contributed by atoms with van der Waals surface area (Å²) in [7, 11) is -2.73. The van der Waals surface area contributed by atoms with Crippen LogP contribution in [0.1, 0.15) is 42.6 Å². The van der Waals surface area contributed by atoms with Gasteiger partial charge < -0.3 is 5.73 Å². The highest BCUT2D eigenvalue weighted by Gasteiger charge is 2.46. The normalized spacial score (nSPS) is 25.2. The third-order valence-electron chi connectivity index (χ3n) is 5.35. The van der Waals surface area contributed by atoms with E-state index in [1.807, 2.05) is 0 Å². The van der Waals surface area contributed by atoms with Crippen molar-refractivity contribution in [2.45, 2.75) is 37.5 Å². The molecular weight excluding hydrogens is 405 g/mol. The predicted octanol–water partition coefficient (Wildman–Crippen LogP) is 2.67. The molecule has 3 rings (SSSR count). The minimum Gasteiger partial charge on any atom is -0.386 e. The average Bonchev–Trinajstić information content (AvgIpc) is 2.67. The number of carbonyl (C=O) groups excluding carboxylic acids is 1. The molecule has 30 heavy (non-hydrogen) atoms. The second kappa shape index (κ2) is 7.29. The second-order valence-corrected chi connectivity index (χ2v) is 10.9. The summed E-state index contributed by atoms with van der Waals surface area (Å²) in [5.41, 5.74) is 5.61. The zero-order valence-corrected chi connectivity index (χ0v) is 17.8. The maximum atomic E-state index is 14.7. The highest BCUT2D eigenvalue weighted by Crippen LogP contribution is 2.37. The first kappa shape index (κ1) is 21.6. The quantitative estimate of drug-likeness (QED) is 0.459. The van der Waals surface area contributed by atoms with E-state index in [4.69, 9.17) is 12.3 Å². The summed E-state index contributed by atoms with van der Waals surface area (Å²) in [4.78, 5) is 28.5. The summed E-state index contributed by atoms with van der Waals surface area (Å²) in [6.45, 7) is 12.0. The van der Waals surface area contributed by atoms with Crippen molar-refractivity contribution in [3.63, 3.8) is 0 Å². The number of nitrogens with two attached hydrogens (primary N) is 1. The molecule has 0 aliphatic carbocycles. The lowest BCUT2D eigenvalue weighted by Gasteiger charge is -2.40. The monoisotopic (exact) mass is 427 g/mol. The van der Waals surface area contributed by atoms with Crippen LogP contribution >= 0.6 is 0 Å². The summed E-state index contributed by atoms with van der Waals surface area (Å²) < 4.78 is 27.0. The molecule has 0 fully saturated rings. The lowest BCUT2D eigenvalue weighted by atomic mass is 9.97. The van der Waals surface area contributed by atoms with Gasteiger partial charge in [-0.15, -0.1) is 0 Å². The number of nitrogens with zero attached hydrogens (tertiary/aromatic N) is 4. The fourth-order valence-corrected chi connectivity index (χ4v) is 5.11. The maximum absolute atomic E-state index is 14.7. The number of amidine groups is 1. The molecule has 1 aliphatic rings. The third-order valence-corrected chi connectivity index (χ3v) is 8.44. The van der Waals surface area contributed by atoms with E-state index in [1.54, 1.807) is 20.8 Å². The zero-order chi connectivity index (χ0) is 22.3. The van der Waals surface area contributed by atoms with Crippen molar-refractivity contribution in [1.29, 1.82) is 0 Å². The maximum Gasteiger partial charge on any atom is 0.205 e. The van der Waals surface area contributed by atoms with Crippen LogP contribution in [0.15, 0.2) is 35.5 Å². The molecule has 0 amide bonds. The highest BCUT2D eigenvalue weighted by molar-refractivity contribution is 8.02. The summed E-state index contributed by atoms with van der Waals surface area (Å²) in [5.74, 6) is 3.00. The number of aromatic nitrogens is 2. The Hall–Kier alpha value is -3.12. The van der Waals surface area contributed by atoms with Gasteiger partial charge in [0, 0.05) is 17.6 Å². The van der Waals surface area contributed by atoms with Gasteiger partial charge in [0.05, 0.1) is 17.7 Å². The lowest BCUT2D eigenvalue weighted by Crippen LogP contribution is -2.55. The van der Waals surface area contributed by atoms with Crippen molar-refractivity contribution in [3.8, 4) is 0 Å². The molecule has 9 heteroatoms. The fourth-order valence-electron chi connectivity index (χ4n) is 3.21. The standard InChI is InChI=1S/C21H22FN5O2S/c1-20(2)19(23)27-21(3,12-30(20,5)29)18-15(22)8-6-13(26-18)10-17(28)16-9-7-14(24-4)11-25-16/h6-9,11H,5,10,12H2,1-3H3,(H2,23,27)/t21-,30?/m0/s1. The number of carbonyl (C=O) groups is 1. The molecule has 7 nitrogen and oxygen atoms in total. The Kier molecular flexibility index (Phi) is 5.24. The number of hydrogen-bond donors (Lipinski definition) is 1. The van der Waals surface area contributed by atoms with Crippen LogP contribution in [0.25, 0.3) is 4.85 Å². The van der Waals surface area contributed by atoms with Crippen LogP contribution in [0.5, 0.6) is 0 Å². The number of aliphatic imine (C=N–C) groups is 1. The summed E-state index contributed by atoms with van der Waals surface area (Å²) in [6, 6.07) is 5.59. The summed E-state index contributed by atoms with van der Waals surface area (Å²) in [5, 5.41) is 0. The van der Waals surface area contributed by atoms with E-state index in [1.165, 1.54) is 30.5 Å². The molecule has 0 saturated heterocycles. The number of Topliss-reactive ketones (excluding diaryl/α,β-unsaturated/α-hetero) is 1. The number of hydrogen-bond acceptors (Lipinski definition) is 6. The molecule has 2 atom stereocenters. The Labute approximate surface area is 175 Å². The minimum atomic E-state index is -2.73. The van der Waals surface area contributed by atoms with Gasteiger partial charge in [0.1, 0.15) is 28.6 Å². The van der Waals surface area contributed by atoms with E-state index in [2.05, 4.69) is 25.7 Å². The van der Waals surface area contributed by atoms with Crippen LogP contribution in [0.3, 0.4) is 0 Å². The molecule has 2 aromatic heterocycles. The Morgan fingerprint density at radius 2 is 2.03 bits per heavy atom. The van der Waals surface area contributed by atoms with Gasteiger partial charge in [-0.05, 0) is 54.4 Å². The highest BCUT2D eigenvalue weighted by atomic mass is 32.2. The van der Waals surface area contributed by atoms with Gasteiger partial charge in [0.2, 0.25) is 5.69 Å². The van der Waals surface area contributed by atoms with E-state index in [0.29, 0.717) is 11.4 Å². The first-order valence-corrected chi connectivity index (χ1v) is 11.0. The van der Waals surface area contributed by atoms with Crippen LogP contribution in [0, 0.1) is 12.4 Å². The van der Waals surface area contributed by atoms with Gasteiger partial charge in [-0.3, -0.25) is 24.0 Å². The van der Waals surface area contributed by atoms with Crippen molar-refractivity contribution < 1.29 is 13.4 Å². The number of pyridine rings is 2. The molecular formula is C21H22FN5O2S. The molecule has 0 radical (unpaired) electrons. The fraction of sp³-hybridized carbons (Fsp3) is 0.333. The molecule has 156 valence electrons. The number of halogens is 1. The van der Waals surface area contributed by atoms with Crippen molar-refractivity contribution in [3.05, 3.63) is 64.8 Å². The topological polar surface area (TPSA) is 103 Å². The van der Waals surface area contributed by atoms with E-state index in [-0.39, 0.29) is 35.2 Å². The summed E-state index contributed by atoms with van der Waals surface area (Å²) >= 11 is 0. The Balaban J connectivity index is 1.97. The molecule has 2 N–H and O–H groups in total. The lowest BCUT2D eigenvalue weighted by molar-refractivity contribution is 0.0987. The molecule has 0 bridgehead atoms. The van der Waals surface area contributed by atoms with E-state index in [9.17, 15) is 13.4 Å². The minimum absolute atomic E-state index is 0.0192. The SMILES string of the molecule is [C-]#[N+]c1ccc(C(=O)Cc2ccc(F)c([C@]3(C)CS(=C)(=O)C(C)(C)C(N)=N3)n2)nc1. The smallest absolute Gasteiger partial charge is 0.205 e. The molecule has 0 saturated carbocycles. The van der Waals surface area contributed by atoms with E-state index in [0.717, 1.165) is 0 Å². The molecule has 2 aromatic rings. The largest absolute Gasteiger partial charge is 0.386 e. The van der Waals surface area contributed by atoms with Crippen LogP contribution in [0.2, 0.25) is 0 Å².